The molecule has 1 amide bonds. The lowest BCUT2D eigenvalue weighted by molar-refractivity contribution is -0.128. The molecule has 1 aliphatic heterocycles. The minimum atomic E-state index is -0.338. The summed E-state index contributed by atoms with van der Waals surface area (Å²) in [7, 11) is 4.85. The van der Waals surface area contributed by atoms with Crippen molar-refractivity contribution in [3.8, 4) is 23.0 Å². The third kappa shape index (κ3) is 7.16. The molecule has 38 heavy (non-hydrogen) atoms. The van der Waals surface area contributed by atoms with Gasteiger partial charge in [-0.3, -0.25) is 9.69 Å². The molecule has 0 bridgehead atoms. The smallest absolute Gasteiger partial charge is 0.224 e. The van der Waals surface area contributed by atoms with Gasteiger partial charge in [-0.05, 0) is 42.3 Å². The largest absolute Gasteiger partial charge is 0.496 e. The van der Waals surface area contributed by atoms with Gasteiger partial charge in [0.15, 0.2) is 11.5 Å². The molecule has 0 aromatic heterocycles. The Bertz CT molecular complexity index is 1220. The second-order valence-electron chi connectivity index (χ2n) is 9.48. The monoisotopic (exact) mass is 522 g/mol. The molecule has 1 N–H and O–H groups in total. The number of methoxy groups -OCH3 is 3. The number of rotatable bonds is 11. The van der Waals surface area contributed by atoms with E-state index in [9.17, 15) is 9.18 Å². The highest BCUT2D eigenvalue weighted by Gasteiger charge is 2.32. The molecule has 1 aliphatic rings. The molecule has 3 aromatic rings. The number of hydrogen-bond acceptors (Lipinski definition) is 6. The lowest BCUT2D eigenvalue weighted by Gasteiger charge is -2.37. The van der Waals surface area contributed by atoms with Gasteiger partial charge in [-0.25, -0.2) is 4.39 Å². The molecule has 8 heteroatoms. The Balaban J connectivity index is 1.46. The second kappa shape index (κ2) is 13.1. The highest BCUT2D eigenvalue weighted by atomic mass is 19.1. The number of amides is 1. The standard InChI is InChI=1S/C30H35FN2O5/c1-35-27-10-5-4-7-23(27)16-32-30(34)24-13-22(20-38-26-9-6-8-25(31)15-26)18-33(19-24)17-21-11-12-28(36-2)29(14-21)37-3/h4-12,14-15,22,24H,13,16-20H2,1-3H3,(H,32,34)/t22-,24+/m0/s1. The Morgan fingerprint density at radius 2 is 1.71 bits per heavy atom. The van der Waals surface area contributed by atoms with Crippen LogP contribution in [0.4, 0.5) is 4.39 Å². The van der Waals surface area contributed by atoms with Crippen molar-refractivity contribution in [1.29, 1.82) is 0 Å². The summed E-state index contributed by atoms with van der Waals surface area (Å²) in [5.74, 6) is 2.09. The Kier molecular flexibility index (Phi) is 9.43. The molecule has 1 heterocycles. The van der Waals surface area contributed by atoms with E-state index in [1.807, 2.05) is 42.5 Å². The van der Waals surface area contributed by atoms with Gasteiger partial charge in [0.25, 0.3) is 0 Å². The molecule has 0 aliphatic carbocycles. The number of para-hydroxylation sites is 1. The van der Waals surface area contributed by atoms with Crippen LogP contribution >= 0.6 is 0 Å². The zero-order chi connectivity index (χ0) is 26.9. The van der Waals surface area contributed by atoms with Crippen molar-refractivity contribution in [3.05, 3.63) is 83.7 Å². The molecule has 1 saturated heterocycles. The van der Waals surface area contributed by atoms with E-state index >= 15 is 0 Å². The predicted molar refractivity (Wildman–Crippen MR) is 143 cm³/mol. The highest BCUT2D eigenvalue weighted by Crippen LogP contribution is 2.30. The van der Waals surface area contributed by atoms with Crippen LogP contribution in [-0.4, -0.2) is 51.8 Å². The Labute approximate surface area is 223 Å². The van der Waals surface area contributed by atoms with Crippen molar-refractivity contribution >= 4 is 5.91 Å². The fourth-order valence-electron chi connectivity index (χ4n) is 4.93. The third-order valence-electron chi connectivity index (χ3n) is 6.77. The van der Waals surface area contributed by atoms with Crippen LogP contribution in [-0.2, 0) is 17.9 Å². The first kappa shape index (κ1) is 27.3. The van der Waals surface area contributed by atoms with Crippen molar-refractivity contribution in [2.45, 2.75) is 19.5 Å². The Morgan fingerprint density at radius 3 is 2.47 bits per heavy atom. The van der Waals surface area contributed by atoms with Gasteiger partial charge in [-0.15, -0.1) is 0 Å². The molecule has 4 rings (SSSR count). The molecule has 2 atom stereocenters. The number of nitrogens with zero attached hydrogens (tertiary/aromatic N) is 1. The first-order valence-electron chi connectivity index (χ1n) is 12.7. The number of halogens is 1. The minimum absolute atomic E-state index is 0.0105. The number of nitrogens with one attached hydrogen (secondary N) is 1. The minimum Gasteiger partial charge on any atom is -0.496 e. The predicted octanol–water partition coefficient (Wildman–Crippen LogP) is 4.69. The summed E-state index contributed by atoms with van der Waals surface area (Å²) >= 11 is 0. The van der Waals surface area contributed by atoms with Gasteiger partial charge in [0.2, 0.25) is 5.91 Å². The van der Waals surface area contributed by atoms with Gasteiger partial charge in [0, 0.05) is 43.7 Å². The molecular weight excluding hydrogens is 487 g/mol. The van der Waals surface area contributed by atoms with Crippen molar-refractivity contribution in [1.82, 2.24) is 10.2 Å². The van der Waals surface area contributed by atoms with Crippen LogP contribution in [0.25, 0.3) is 0 Å². The normalized spacial score (nSPS) is 17.5. The number of ether oxygens (including phenoxy) is 4. The van der Waals surface area contributed by atoms with Gasteiger partial charge < -0.3 is 24.3 Å². The van der Waals surface area contributed by atoms with Crippen LogP contribution in [0.2, 0.25) is 0 Å². The maximum Gasteiger partial charge on any atom is 0.224 e. The summed E-state index contributed by atoms with van der Waals surface area (Å²) in [5.41, 5.74) is 1.98. The molecular formula is C30H35FN2O5. The average molecular weight is 523 g/mol. The van der Waals surface area contributed by atoms with Crippen LogP contribution in [0.1, 0.15) is 17.5 Å². The van der Waals surface area contributed by atoms with E-state index in [1.54, 1.807) is 33.5 Å². The van der Waals surface area contributed by atoms with Crippen LogP contribution in [0, 0.1) is 17.7 Å². The van der Waals surface area contributed by atoms with E-state index in [2.05, 4.69) is 10.2 Å². The van der Waals surface area contributed by atoms with Gasteiger partial charge in [-0.1, -0.05) is 30.3 Å². The zero-order valence-corrected chi connectivity index (χ0v) is 22.1. The van der Waals surface area contributed by atoms with E-state index in [1.165, 1.54) is 12.1 Å². The van der Waals surface area contributed by atoms with E-state index in [0.29, 0.717) is 49.9 Å². The number of likely N-dealkylation sites (tertiary alicyclic amines) is 1. The second-order valence-corrected chi connectivity index (χ2v) is 9.48. The van der Waals surface area contributed by atoms with Crippen molar-refractivity contribution in [2.24, 2.45) is 11.8 Å². The topological polar surface area (TPSA) is 69.3 Å². The molecule has 7 nitrogen and oxygen atoms in total. The third-order valence-corrected chi connectivity index (χ3v) is 6.77. The first-order chi connectivity index (χ1) is 18.5. The lowest BCUT2D eigenvalue weighted by Crippen LogP contribution is -2.47. The van der Waals surface area contributed by atoms with Gasteiger partial charge in [-0.2, -0.15) is 0 Å². The molecule has 0 unspecified atom stereocenters. The molecule has 0 radical (unpaired) electrons. The van der Waals surface area contributed by atoms with E-state index in [-0.39, 0.29) is 23.6 Å². The fourth-order valence-corrected chi connectivity index (χ4v) is 4.93. The average Bonchev–Trinajstić information content (AvgIpc) is 2.94. The summed E-state index contributed by atoms with van der Waals surface area (Å²) < 4.78 is 35.8. The molecule has 0 spiro atoms. The summed E-state index contributed by atoms with van der Waals surface area (Å²) in [6, 6.07) is 19.6. The van der Waals surface area contributed by atoms with Crippen molar-refractivity contribution in [2.75, 3.05) is 41.0 Å². The number of benzene rings is 3. The maximum absolute atomic E-state index is 13.6. The van der Waals surface area contributed by atoms with E-state index < -0.39 is 0 Å². The molecule has 0 saturated carbocycles. The van der Waals surface area contributed by atoms with Crippen molar-refractivity contribution < 1.29 is 28.1 Å². The Morgan fingerprint density at radius 1 is 0.921 bits per heavy atom. The SMILES string of the molecule is COc1ccccc1CNC(=O)[C@@H]1C[C@H](COc2cccc(F)c2)CN(Cc2ccc(OC)c(OC)c2)C1. The van der Waals surface area contributed by atoms with Crippen LogP contribution in [0.5, 0.6) is 23.0 Å². The quantitative estimate of drug-likeness (QED) is 0.394. The van der Waals surface area contributed by atoms with Gasteiger partial charge in [0.1, 0.15) is 17.3 Å². The van der Waals surface area contributed by atoms with Crippen LogP contribution in [0.3, 0.4) is 0 Å². The van der Waals surface area contributed by atoms with Crippen LogP contribution in [0.15, 0.2) is 66.7 Å². The number of carbonyl (C=O) groups is 1. The van der Waals surface area contributed by atoms with Gasteiger partial charge >= 0.3 is 0 Å². The first-order valence-corrected chi connectivity index (χ1v) is 12.7. The zero-order valence-electron chi connectivity index (χ0n) is 22.1. The number of piperidine rings is 1. The summed E-state index contributed by atoms with van der Waals surface area (Å²) in [6.07, 6.45) is 0.676. The summed E-state index contributed by atoms with van der Waals surface area (Å²) in [5, 5.41) is 3.09. The van der Waals surface area contributed by atoms with Crippen molar-refractivity contribution in [3.63, 3.8) is 0 Å². The fraction of sp³-hybridized carbons (Fsp3) is 0.367. The Hall–Kier alpha value is -3.78. The maximum atomic E-state index is 13.6. The van der Waals surface area contributed by atoms with E-state index in [0.717, 1.165) is 23.4 Å². The lowest BCUT2D eigenvalue weighted by atomic mass is 9.88. The number of carbonyl (C=O) groups excluding carboxylic acids is 1. The van der Waals surface area contributed by atoms with Gasteiger partial charge in [0.05, 0.1) is 33.9 Å². The van der Waals surface area contributed by atoms with Crippen LogP contribution < -0.4 is 24.3 Å². The van der Waals surface area contributed by atoms with E-state index in [4.69, 9.17) is 18.9 Å². The molecule has 3 aromatic carbocycles. The highest BCUT2D eigenvalue weighted by molar-refractivity contribution is 5.79. The number of hydrogen-bond donors (Lipinski definition) is 1. The molecule has 202 valence electrons. The summed E-state index contributed by atoms with van der Waals surface area (Å²) in [4.78, 5) is 15.6. The molecule has 1 fully saturated rings. The summed E-state index contributed by atoms with van der Waals surface area (Å²) in [6.45, 7) is 2.79.